The predicted octanol–water partition coefficient (Wildman–Crippen LogP) is 2.80. The molecule has 0 unspecified atom stereocenters. The SMILES string of the molecule is Cc1ccc(Cl)c(OC(C)(C)CO)c1. The first kappa shape index (κ1) is 11.3. The molecule has 0 bridgehead atoms. The van der Waals surface area contributed by atoms with Crippen molar-refractivity contribution in [3.05, 3.63) is 28.8 Å². The summed E-state index contributed by atoms with van der Waals surface area (Å²) >= 11 is 5.95. The Morgan fingerprint density at radius 3 is 2.64 bits per heavy atom. The van der Waals surface area contributed by atoms with E-state index in [4.69, 9.17) is 21.4 Å². The average Bonchev–Trinajstić information content (AvgIpc) is 2.11. The third kappa shape index (κ3) is 2.89. The number of benzene rings is 1. The van der Waals surface area contributed by atoms with Gasteiger partial charge >= 0.3 is 0 Å². The molecule has 1 rings (SSSR count). The van der Waals surface area contributed by atoms with Crippen LogP contribution in [0.5, 0.6) is 5.75 Å². The lowest BCUT2D eigenvalue weighted by Gasteiger charge is -2.24. The number of aliphatic hydroxyl groups excluding tert-OH is 1. The van der Waals surface area contributed by atoms with Gasteiger partial charge in [0.2, 0.25) is 0 Å². The molecule has 78 valence electrons. The molecule has 0 spiro atoms. The highest BCUT2D eigenvalue weighted by Crippen LogP contribution is 2.28. The minimum Gasteiger partial charge on any atom is -0.484 e. The maximum absolute atomic E-state index is 9.05. The number of ether oxygens (including phenoxy) is 1. The zero-order valence-electron chi connectivity index (χ0n) is 8.67. The van der Waals surface area contributed by atoms with Crippen LogP contribution >= 0.6 is 11.6 Å². The Morgan fingerprint density at radius 1 is 1.43 bits per heavy atom. The molecule has 0 fully saturated rings. The Bertz CT molecular complexity index is 321. The van der Waals surface area contributed by atoms with Gasteiger partial charge < -0.3 is 9.84 Å². The van der Waals surface area contributed by atoms with Crippen molar-refractivity contribution in [2.75, 3.05) is 6.61 Å². The second-order valence-electron chi connectivity index (χ2n) is 3.95. The van der Waals surface area contributed by atoms with Crippen LogP contribution in [0.4, 0.5) is 0 Å². The van der Waals surface area contributed by atoms with E-state index in [0.717, 1.165) is 5.56 Å². The summed E-state index contributed by atoms with van der Waals surface area (Å²) in [6.45, 7) is 5.55. The van der Waals surface area contributed by atoms with Crippen molar-refractivity contribution < 1.29 is 9.84 Å². The zero-order chi connectivity index (χ0) is 10.8. The van der Waals surface area contributed by atoms with E-state index in [-0.39, 0.29) is 6.61 Å². The van der Waals surface area contributed by atoms with E-state index in [0.29, 0.717) is 10.8 Å². The van der Waals surface area contributed by atoms with Crippen LogP contribution in [0, 0.1) is 6.92 Å². The number of hydrogen-bond donors (Lipinski definition) is 1. The van der Waals surface area contributed by atoms with Crippen LogP contribution in [0.25, 0.3) is 0 Å². The monoisotopic (exact) mass is 214 g/mol. The van der Waals surface area contributed by atoms with Gasteiger partial charge in [0.1, 0.15) is 11.4 Å². The van der Waals surface area contributed by atoms with Crippen LogP contribution in [0.2, 0.25) is 5.02 Å². The Kier molecular flexibility index (Phi) is 3.40. The summed E-state index contributed by atoms with van der Waals surface area (Å²) in [5.41, 5.74) is 0.482. The largest absolute Gasteiger partial charge is 0.484 e. The molecule has 0 saturated heterocycles. The van der Waals surface area contributed by atoms with E-state index in [1.165, 1.54) is 0 Å². The molecule has 14 heavy (non-hydrogen) atoms. The second-order valence-corrected chi connectivity index (χ2v) is 4.36. The van der Waals surface area contributed by atoms with Gasteiger partial charge in [-0.2, -0.15) is 0 Å². The Labute approximate surface area is 89.5 Å². The maximum Gasteiger partial charge on any atom is 0.139 e. The van der Waals surface area contributed by atoms with Crippen LogP contribution in [0.1, 0.15) is 19.4 Å². The van der Waals surface area contributed by atoms with Gasteiger partial charge in [-0.05, 0) is 38.5 Å². The summed E-state index contributed by atoms with van der Waals surface area (Å²) in [7, 11) is 0. The molecule has 1 aromatic carbocycles. The molecule has 0 aliphatic carbocycles. The molecule has 0 atom stereocenters. The second kappa shape index (κ2) is 4.20. The van der Waals surface area contributed by atoms with Crippen molar-refractivity contribution in [1.29, 1.82) is 0 Å². The molecule has 0 heterocycles. The molecule has 0 aliphatic heterocycles. The fourth-order valence-corrected chi connectivity index (χ4v) is 1.17. The van der Waals surface area contributed by atoms with Crippen LogP contribution in [-0.4, -0.2) is 17.3 Å². The molecular formula is C11H15ClO2. The number of hydrogen-bond acceptors (Lipinski definition) is 2. The summed E-state index contributed by atoms with van der Waals surface area (Å²) in [5.74, 6) is 0.616. The van der Waals surface area contributed by atoms with Gasteiger partial charge in [-0.25, -0.2) is 0 Å². The van der Waals surface area contributed by atoms with Gasteiger partial charge in [0.05, 0.1) is 11.6 Å². The van der Waals surface area contributed by atoms with Gasteiger partial charge in [-0.1, -0.05) is 17.7 Å². The fourth-order valence-electron chi connectivity index (χ4n) is 1.02. The van der Waals surface area contributed by atoms with Crippen molar-refractivity contribution in [3.8, 4) is 5.75 Å². The minimum atomic E-state index is -0.600. The summed E-state index contributed by atoms with van der Waals surface area (Å²) in [5, 5.41) is 9.61. The third-order valence-corrected chi connectivity index (χ3v) is 2.17. The van der Waals surface area contributed by atoms with E-state index in [2.05, 4.69) is 0 Å². The van der Waals surface area contributed by atoms with E-state index in [1.807, 2.05) is 32.9 Å². The highest BCUT2D eigenvalue weighted by Gasteiger charge is 2.19. The van der Waals surface area contributed by atoms with Crippen LogP contribution in [0.3, 0.4) is 0 Å². The predicted molar refractivity (Wildman–Crippen MR) is 58.0 cm³/mol. The first-order chi connectivity index (χ1) is 6.44. The average molecular weight is 215 g/mol. The zero-order valence-corrected chi connectivity index (χ0v) is 9.43. The highest BCUT2D eigenvalue weighted by molar-refractivity contribution is 6.32. The molecule has 0 aromatic heterocycles. The number of rotatable bonds is 3. The lowest BCUT2D eigenvalue weighted by molar-refractivity contribution is 0.0413. The standard InChI is InChI=1S/C11H15ClO2/c1-8-4-5-9(12)10(6-8)14-11(2,3)7-13/h4-6,13H,7H2,1-3H3. The molecule has 0 amide bonds. The van der Waals surface area contributed by atoms with Crippen molar-refractivity contribution in [2.45, 2.75) is 26.4 Å². The molecule has 3 heteroatoms. The van der Waals surface area contributed by atoms with Crippen LogP contribution in [0.15, 0.2) is 18.2 Å². The molecular weight excluding hydrogens is 200 g/mol. The van der Waals surface area contributed by atoms with E-state index >= 15 is 0 Å². The van der Waals surface area contributed by atoms with Gasteiger partial charge in [0, 0.05) is 0 Å². The number of aliphatic hydroxyl groups is 1. The van der Waals surface area contributed by atoms with E-state index < -0.39 is 5.60 Å². The summed E-state index contributed by atoms with van der Waals surface area (Å²) in [6, 6.07) is 5.57. The first-order valence-electron chi connectivity index (χ1n) is 4.51. The third-order valence-electron chi connectivity index (χ3n) is 1.85. The van der Waals surface area contributed by atoms with Crippen molar-refractivity contribution >= 4 is 11.6 Å². The smallest absolute Gasteiger partial charge is 0.139 e. The maximum atomic E-state index is 9.05. The van der Waals surface area contributed by atoms with E-state index in [1.54, 1.807) is 6.07 Å². The van der Waals surface area contributed by atoms with Gasteiger partial charge in [-0.3, -0.25) is 0 Å². The molecule has 0 aliphatic rings. The van der Waals surface area contributed by atoms with Gasteiger partial charge in [0.25, 0.3) is 0 Å². The Morgan fingerprint density at radius 2 is 2.07 bits per heavy atom. The van der Waals surface area contributed by atoms with Crippen molar-refractivity contribution in [3.63, 3.8) is 0 Å². The molecule has 1 aromatic rings. The number of aryl methyl sites for hydroxylation is 1. The lowest BCUT2D eigenvalue weighted by Crippen LogP contribution is -2.32. The normalized spacial score (nSPS) is 11.5. The Hall–Kier alpha value is -0.730. The fraction of sp³-hybridized carbons (Fsp3) is 0.455. The molecule has 0 saturated carbocycles. The van der Waals surface area contributed by atoms with Gasteiger partial charge in [-0.15, -0.1) is 0 Å². The minimum absolute atomic E-state index is 0.0444. The quantitative estimate of drug-likeness (QED) is 0.839. The highest BCUT2D eigenvalue weighted by atomic mass is 35.5. The van der Waals surface area contributed by atoms with Crippen LogP contribution < -0.4 is 4.74 Å². The summed E-state index contributed by atoms with van der Waals surface area (Å²) in [4.78, 5) is 0. The lowest BCUT2D eigenvalue weighted by atomic mass is 10.1. The topological polar surface area (TPSA) is 29.5 Å². The van der Waals surface area contributed by atoms with Gasteiger partial charge in [0.15, 0.2) is 0 Å². The van der Waals surface area contributed by atoms with E-state index in [9.17, 15) is 0 Å². The molecule has 2 nitrogen and oxygen atoms in total. The first-order valence-corrected chi connectivity index (χ1v) is 4.88. The Balaban J connectivity index is 2.91. The summed E-state index contributed by atoms with van der Waals surface area (Å²) < 4.78 is 5.58. The molecule has 1 N–H and O–H groups in total. The summed E-state index contributed by atoms with van der Waals surface area (Å²) in [6.07, 6.45) is 0. The van der Waals surface area contributed by atoms with Crippen molar-refractivity contribution in [2.24, 2.45) is 0 Å². The number of halogens is 1. The molecule has 0 radical (unpaired) electrons. The van der Waals surface area contributed by atoms with Crippen LogP contribution in [-0.2, 0) is 0 Å². The van der Waals surface area contributed by atoms with Crippen molar-refractivity contribution in [1.82, 2.24) is 0 Å².